The van der Waals surface area contributed by atoms with E-state index in [1.54, 1.807) is 0 Å². The molecule has 0 radical (unpaired) electrons. The second kappa shape index (κ2) is 15.3. The molecule has 0 aromatic heterocycles. The van der Waals surface area contributed by atoms with Gasteiger partial charge in [0.25, 0.3) is 0 Å². The number of unbranched alkanes of at least 4 members (excludes halogenated alkanes) is 10. The van der Waals surface area contributed by atoms with Gasteiger partial charge in [-0.2, -0.15) is 0 Å². The normalized spacial score (nSPS) is 11.2. The van der Waals surface area contributed by atoms with Crippen LogP contribution in [0.2, 0.25) is 0 Å². The molecular weight excluding hydrogens is 236 g/mol. The third-order valence-corrected chi connectivity index (χ3v) is 3.40. The van der Waals surface area contributed by atoms with Gasteiger partial charge in [-0.3, -0.25) is 0 Å². The summed E-state index contributed by atoms with van der Waals surface area (Å²) in [5, 5.41) is 10.2. The van der Waals surface area contributed by atoms with Gasteiger partial charge in [0.1, 0.15) is 0 Å². The fourth-order valence-electron chi connectivity index (χ4n) is 2.23. The van der Waals surface area contributed by atoms with Crippen molar-refractivity contribution in [3.05, 3.63) is 12.2 Å². The Kier molecular flexibility index (Phi) is 14.6. The van der Waals surface area contributed by atoms with Crippen molar-refractivity contribution in [1.29, 1.82) is 0 Å². The Labute approximate surface area is 119 Å². The number of carboxylic acids is 1. The summed E-state index contributed by atoms with van der Waals surface area (Å²) >= 11 is 0. The Morgan fingerprint density at radius 2 is 1.26 bits per heavy atom. The number of allylic oxidation sites excluding steroid dienone is 2. The molecule has 2 nitrogen and oxygen atoms in total. The highest BCUT2D eigenvalue weighted by atomic mass is 16.4. The van der Waals surface area contributed by atoms with E-state index in [-0.39, 0.29) is 6.42 Å². The van der Waals surface area contributed by atoms with Crippen LogP contribution in [0.3, 0.4) is 0 Å². The molecule has 0 aromatic rings. The first kappa shape index (κ1) is 18.2. The number of carbonyl (C=O) groups is 1. The van der Waals surface area contributed by atoms with Gasteiger partial charge < -0.3 is 9.90 Å². The maximum absolute atomic E-state index is 10.2. The summed E-state index contributed by atoms with van der Waals surface area (Å²) in [6, 6.07) is 0. The maximum atomic E-state index is 10.2. The van der Waals surface area contributed by atoms with Gasteiger partial charge in [-0.05, 0) is 32.1 Å². The minimum absolute atomic E-state index is 0.229. The summed E-state index contributed by atoms with van der Waals surface area (Å²) < 4.78 is 0. The van der Waals surface area contributed by atoms with E-state index in [0.717, 1.165) is 19.3 Å². The molecule has 0 spiro atoms. The lowest BCUT2D eigenvalue weighted by Gasteiger charge is -2.03. The predicted molar refractivity (Wildman–Crippen MR) is 79.8 cm³/mol. The van der Waals surface area contributed by atoms with Crippen molar-refractivity contribution in [2.75, 3.05) is 0 Å². The molecule has 2 heteroatoms. The molecule has 0 rings (SSSR count). The van der Waals surface area contributed by atoms with Crippen LogP contribution in [0.25, 0.3) is 0 Å². The highest BCUT2D eigenvalue weighted by Gasteiger charge is 1.93. The molecule has 0 bridgehead atoms. The summed E-state index contributed by atoms with van der Waals surface area (Å²) in [5.74, 6) is -0.909. The Hall–Kier alpha value is -0.790. The lowest BCUT2D eigenvalue weighted by Crippen LogP contribution is -2.21. The quantitative estimate of drug-likeness (QED) is 0.346. The first-order chi connectivity index (χ1) is 9.27. The largest absolute Gasteiger partial charge is 0.550 e. The molecule has 112 valence electrons. The molecule has 19 heavy (non-hydrogen) atoms. The van der Waals surface area contributed by atoms with Crippen LogP contribution in [-0.4, -0.2) is 5.97 Å². The number of hydrogen-bond acceptors (Lipinski definition) is 2. The van der Waals surface area contributed by atoms with Crippen molar-refractivity contribution in [3.8, 4) is 0 Å². The van der Waals surface area contributed by atoms with Gasteiger partial charge in [-0.15, -0.1) is 0 Å². The van der Waals surface area contributed by atoms with E-state index >= 15 is 0 Å². The minimum atomic E-state index is -0.909. The fourth-order valence-corrected chi connectivity index (χ4v) is 2.23. The van der Waals surface area contributed by atoms with Crippen molar-refractivity contribution < 1.29 is 9.90 Å². The van der Waals surface area contributed by atoms with Crippen molar-refractivity contribution in [3.63, 3.8) is 0 Å². The number of rotatable bonds is 14. The Morgan fingerprint density at radius 1 is 0.789 bits per heavy atom. The van der Waals surface area contributed by atoms with E-state index in [4.69, 9.17) is 0 Å². The Balaban J connectivity index is 2.99. The second-order valence-corrected chi connectivity index (χ2v) is 5.33. The molecule has 0 aromatic carbocycles. The molecule has 0 atom stereocenters. The number of hydrogen-bond donors (Lipinski definition) is 0. The van der Waals surface area contributed by atoms with Crippen molar-refractivity contribution in [2.45, 2.75) is 90.4 Å². The van der Waals surface area contributed by atoms with Gasteiger partial charge in [0.05, 0.1) is 0 Å². The van der Waals surface area contributed by atoms with Crippen LogP contribution in [0, 0.1) is 0 Å². The van der Waals surface area contributed by atoms with Gasteiger partial charge in [0.2, 0.25) is 0 Å². The summed E-state index contributed by atoms with van der Waals surface area (Å²) in [5.41, 5.74) is 0. The highest BCUT2D eigenvalue weighted by molar-refractivity contribution is 5.63. The third kappa shape index (κ3) is 17.2. The molecule has 0 saturated heterocycles. The van der Waals surface area contributed by atoms with Gasteiger partial charge in [-0.1, -0.05) is 70.4 Å². The van der Waals surface area contributed by atoms with E-state index in [1.807, 2.05) is 0 Å². The molecule has 0 N–H and O–H groups in total. The predicted octanol–water partition coefficient (Wildman–Crippen LogP) is 4.38. The van der Waals surface area contributed by atoms with Crippen LogP contribution in [0.1, 0.15) is 90.4 Å². The average Bonchev–Trinajstić information content (AvgIpc) is 2.39. The van der Waals surface area contributed by atoms with Crippen molar-refractivity contribution in [2.24, 2.45) is 0 Å². The summed E-state index contributed by atoms with van der Waals surface area (Å²) in [7, 11) is 0. The molecule has 0 aliphatic rings. The summed E-state index contributed by atoms with van der Waals surface area (Å²) in [6.07, 6.45) is 19.5. The number of aliphatic carboxylic acids is 1. The lowest BCUT2D eigenvalue weighted by molar-refractivity contribution is -0.305. The van der Waals surface area contributed by atoms with Crippen LogP contribution in [-0.2, 0) is 4.79 Å². The summed E-state index contributed by atoms with van der Waals surface area (Å²) in [6.45, 7) is 2.18. The van der Waals surface area contributed by atoms with E-state index in [9.17, 15) is 9.90 Å². The zero-order valence-electron chi connectivity index (χ0n) is 12.7. The smallest absolute Gasteiger partial charge is 0.0414 e. The van der Waals surface area contributed by atoms with E-state index < -0.39 is 5.97 Å². The van der Waals surface area contributed by atoms with Crippen molar-refractivity contribution in [1.82, 2.24) is 0 Å². The molecule has 0 amide bonds. The number of carboxylic acid groups (broad SMARTS) is 1. The van der Waals surface area contributed by atoms with E-state index in [2.05, 4.69) is 19.1 Å². The Bertz CT molecular complexity index is 221. The first-order valence-electron chi connectivity index (χ1n) is 8.12. The first-order valence-corrected chi connectivity index (χ1v) is 8.12. The topological polar surface area (TPSA) is 40.1 Å². The molecule has 0 heterocycles. The molecule has 0 aliphatic carbocycles. The number of carbonyl (C=O) groups excluding carboxylic acids is 1. The van der Waals surface area contributed by atoms with Gasteiger partial charge in [0, 0.05) is 5.97 Å². The zero-order valence-corrected chi connectivity index (χ0v) is 12.7. The molecule has 0 saturated carbocycles. The minimum Gasteiger partial charge on any atom is -0.550 e. The van der Waals surface area contributed by atoms with Gasteiger partial charge >= 0.3 is 0 Å². The molecule has 0 fully saturated rings. The summed E-state index contributed by atoms with van der Waals surface area (Å²) in [4.78, 5) is 10.2. The van der Waals surface area contributed by atoms with E-state index in [0.29, 0.717) is 0 Å². The fraction of sp³-hybridized carbons (Fsp3) is 0.824. The van der Waals surface area contributed by atoms with Gasteiger partial charge in [-0.25, -0.2) is 0 Å². The van der Waals surface area contributed by atoms with Crippen LogP contribution in [0.15, 0.2) is 12.2 Å². The van der Waals surface area contributed by atoms with Crippen LogP contribution in [0.5, 0.6) is 0 Å². The standard InChI is InChI=1S/C17H32O2/c1-2-3-4-5-6-7-8-9-10-11-12-13-14-15-16-17(18)19/h3-4H,2,5-16H2,1H3,(H,18,19)/p-1/b4-3+. The monoisotopic (exact) mass is 267 g/mol. The zero-order chi connectivity index (χ0) is 14.2. The third-order valence-electron chi connectivity index (χ3n) is 3.40. The van der Waals surface area contributed by atoms with Crippen molar-refractivity contribution >= 4 is 5.97 Å². The van der Waals surface area contributed by atoms with Crippen LogP contribution in [0.4, 0.5) is 0 Å². The van der Waals surface area contributed by atoms with Gasteiger partial charge in [0.15, 0.2) is 0 Å². The molecular formula is C17H31O2-. The lowest BCUT2D eigenvalue weighted by atomic mass is 10.1. The SMILES string of the molecule is CC/C=C/CCCCCCCCCCCCC(=O)[O-]. The maximum Gasteiger partial charge on any atom is 0.0414 e. The molecule has 0 unspecified atom stereocenters. The Morgan fingerprint density at radius 3 is 1.74 bits per heavy atom. The van der Waals surface area contributed by atoms with Crippen LogP contribution < -0.4 is 5.11 Å². The van der Waals surface area contributed by atoms with Crippen LogP contribution >= 0.6 is 0 Å². The molecule has 0 aliphatic heterocycles. The highest BCUT2D eigenvalue weighted by Crippen LogP contribution is 2.12. The average molecular weight is 267 g/mol. The van der Waals surface area contributed by atoms with E-state index in [1.165, 1.54) is 57.8 Å². The second-order valence-electron chi connectivity index (χ2n) is 5.33.